The third kappa shape index (κ3) is 18.7. The fourth-order valence-electron chi connectivity index (χ4n) is 5.41. The average molecular weight is 605 g/mol. The molecular weight excluding hydrogens is 544 g/mol. The van der Waals surface area contributed by atoms with E-state index >= 15 is 0 Å². The molecule has 0 amide bonds. The highest BCUT2D eigenvalue weighted by atomic mass is 16.5. The number of hydrogen-bond donors (Lipinski definition) is 0. The van der Waals surface area contributed by atoms with E-state index < -0.39 is 0 Å². The van der Waals surface area contributed by atoms with Crippen molar-refractivity contribution in [2.24, 2.45) is 0 Å². The summed E-state index contributed by atoms with van der Waals surface area (Å²) in [4.78, 5) is 0. The molecule has 0 spiro atoms. The van der Waals surface area contributed by atoms with Crippen LogP contribution in [0.15, 0.2) is 72.8 Å². The van der Waals surface area contributed by atoms with Crippen molar-refractivity contribution in [2.75, 3.05) is 26.4 Å². The summed E-state index contributed by atoms with van der Waals surface area (Å²) < 4.78 is 24.0. The van der Waals surface area contributed by atoms with E-state index in [2.05, 4.69) is 24.3 Å². The van der Waals surface area contributed by atoms with Gasteiger partial charge in [0.2, 0.25) is 0 Å². The van der Waals surface area contributed by atoms with Crippen LogP contribution in [0, 0.1) is 0 Å². The molecule has 4 bridgehead atoms. The van der Waals surface area contributed by atoms with Gasteiger partial charge in [-0.15, -0.1) is 0 Å². The van der Waals surface area contributed by atoms with Crippen LogP contribution in [0.1, 0.15) is 128 Å². The largest absolute Gasteiger partial charge is 0.493 e. The van der Waals surface area contributed by atoms with Crippen LogP contribution in [0.2, 0.25) is 0 Å². The number of ether oxygens (including phenoxy) is 4. The van der Waals surface area contributed by atoms with Crippen molar-refractivity contribution in [3.63, 3.8) is 0 Å². The van der Waals surface area contributed by atoms with Gasteiger partial charge in [-0.05, 0) is 101 Å². The lowest BCUT2D eigenvalue weighted by Crippen LogP contribution is -2.00. The quantitative estimate of drug-likeness (QED) is 0.280. The molecule has 244 valence electrons. The van der Waals surface area contributed by atoms with Crippen LogP contribution in [0.3, 0.4) is 0 Å². The topological polar surface area (TPSA) is 36.9 Å². The molecule has 0 saturated carbocycles. The predicted molar refractivity (Wildman–Crippen MR) is 185 cm³/mol. The molecular formula is C40H60O4. The fourth-order valence-corrected chi connectivity index (χ4v) is 5.41. The summed E-state index contributed by atoms with van der Waals surface area (Å²) in [7, 11) is 0. The molecule has 0 aliphatic carbocycles. The second-order valence-corrected chi connectivity index (χ2v) is 12.1. The third-order valence-corrected chi connectivity index (χ3v) is 8.08. The molecule has 0 atom stereocenters. The Labute approximate surface area is 269 Å². The van der Waals surface area contributed by atoms with Gasteiger partial charge in [0.05, 0.1) is 26.4 Å². The molecule has 0 saturated heterocycles. The van der Waals surface area contributed by atoms with Crippen molar-refractivity contribution in [3.05, 3.63) is 72.8 Å². The van der Waals surface area contributed by atoms with Gasteiger partial charge in [-0.25, -0.2) is 0 Å². The van der Waals surface area contributed by atoms with Crippen molar-refractivity contribution in [1.82, 2.24) is 0 Å². The molecule has 2 aromatic rings. The van der Waals surface area contributed by atoms with Crippen LogP contribution < -0.4 is 18.9 Å². The summed E-state index contributed by atoms with van der Waals surface area (Å²) >= 11 is 0. The number of hydrogen-bond acceptors (Lipinski definition) is 4. The summed E-state index contributed by atoms with van der Waals surface area (Å²) in [6.45, 7) is 3.11. The molecule has 4 heteroatoms. The van der Waals surface area contributed by atoms with Crippen LogP contribution in [0.5, 0.6) is 23.0 Å². The first-order chi connectivity index (χ1) is 21.9. The molecule has 3 rings (SSSR count). The SMILES string of the molecule is C1=C/CCCCCCOc2cccc(c2)OCCCCCC/C=C/CCCCCCOc2cccc(c2)OCCCCCC/1. The molecule has 44 heavy (non-hydrogen) atoms. The second-order valence-electron chi connectivity index (χ2n) is 12.1. The van der Waals surface area contributed by atoms with Gasteiger partial charge >= 0.3 is 0 Å². The maximum absolute atomic E-state index is 5.99. The Balaban J connectivity index is 1.32. The van der Waals surface area contributed by atoms with Gasteiger partial charge in [0.1, 0.15) is 23.0 Å². The van der Waals surface area contributed by atoms with Crippen LogP contribution in [-0.2, 0) is 0 Å². The molecule has 0 radical (unpaired) electrons. The summed E-state index contributed by atoms with van der Waals surface area (Å²) in [5, 5.41) is 0. The van der Waals surface area contributed by atoms with E-state index in [-0.39, 0.29) is 0 Å². The second kappa shape index (κ2) is 25.4. The van der Waals surface area contributed by atoms with Gasteiger partial charge in [-0.1, -0.05) is 87.8 Å². The minimum Gasteiger partial charge on any atom is -0.493 e. The summed E-state index contributed by atoms with van der Waals surface area (Å²) in [5.41, 5.74) is 0. The molecule has 1 aliphatic rings. The van der Waals surface area contributed by atoms with Gasteiger partial charge in [0.25, 0.3) is 0 Å². The first-order valence-corrected chi connectivity index (χ1v) is 17.9. The van der Waals surface area contributed by atoms with Crippen molar-refractivity contribution in [1.29, 1.82) is 0 Å². The third-order valence-electron chi connectivity index (χ3n) is 8.08. The Hall–Kier alpha value is -2.88. The normalized spacial score (nSPS) is 20.5. The maximum atomic E-state index is 5.99. The van der Waals surface area contributed by atoms with Gasteiger partial charge in [-0.2, -0.15) is 0 Å². The van der Waals surface area contributed by atoms with Crippen molar-refractivity contribution in [3.8, 4) is 23.0 Å². The molecule has 0 N–H and O–H groups in total. The Kier molecular flexibility index (Phi) is 20.6. The molecule has 0 unspecified atom stereocenters. The molecule has 2 aromatic carbocycles. The smallest absolute Gasteiger partial charge is 0.122 e. The monoisotopic (exact) mass is 604 g/mol. The highest BCUT2D eigenvalue weighted by molar-refractivity contribution is 5.33. The van der Waals surface area contributed by atoms with E-state index in [4.69, 9.17) is 18.9 Å². The lowest BCUT2D eigenvalue weighted by Gasteiger charge is -2.10. The Morgan fingerprint density at radius 1 is 0.295 bits per heavy atom. The Morgan fingerprint density at radius 3 is 0.818 bits per heavy atom. The van der Waals surface area contributed by atoms with Crippen LogP contribution in [-0.4, -0.2) is 26.4 Å². The van der Waals surface area contributed by atoms with Crippen molar-refractivity contribution in [2.45, 2.75) is 128 Å². The minimum absolute atomic E-state index is 0.777. The van der Waals surface area contributed by atoms with Gasteiger partial charge in [0.15, 0.2) is 0 Å². The zero-order valence-corrected chi connectivity index (χ0v) is 27.5. The van der Waals surface area contributed by atoms with E-state index in [0.717, 1.165) is 75.1 Å². The van der Waals surface area contributed by atoms with E-state index in [1.807, 2.05) is 48.5 Å². The maximum Gasteiger partial charge on any atom is 0.122 e. The summed E-state index contributed by atoms with van der Waals surface area (Å²) in [5.74, 6) is 3.68. The zero-order chi connectivity index (χ0) is 30.6. The van der Waals surface area contributed by atoms with E-state index in [1.165, 1.54) is 103 Å². The summed E-state index contributed by atoms with van der Waals surface area (Å²) in [6, 6.07) is 16.3. The molecule has 0 fully saturated rings. The summed E-state index contributed by atoms with van der Waals surface area (Å²) in [6.07, 6.45) is 33.7. The van der Waals surface area contributed by atoms with E-state index in [1.54, 1.807) is 0 Å². The van der Waals surface area contributed by atoms with Crippen molar-refractivity contribution >= 4 is 0 Å². The minimum atomic E-state index is 0.777. The van der Waals surface area contributed by atoms with Gasteiger partial charge in [-0.3, -0.25) is 0 Å². The molecule has 1 aliphatic heterocycles. The lowest BCUT2D eigenvalue weighted by atomic mass is 10.1. The van der Waals surface area contributed by atoms with Crippen LogP contribution in [0.4, 0.5) is 0 Å². The average Bonchev–Trinajstić information content (AvgIpc) is 3.04. The highest BCUT2D eigenvalue weighted by Crippen LogP contribution is 2.22. The molecule has 4 nitrogen and oxygen atoms in total. The van der Waals surface area contributed by atoms with Crippen LogP contribution >= 0.6 is 0 Å². The molecule has 1 heterocycles. The van der Waals surface area contributed by atoms with E-state index in [0.29, 0.717) is 0 Å². The number of rotatable bonds is 0. The first kappa shape index (κ1) is 35.6. The number of fused-ring (bicyclic) bond motifs is 4. The standard InChI is InChI=1S/C40H60O4/c1-2-6-10-14-18-22-32-42-38-28-26-30-40(36-38)44-34-24-20-16-12-8-4-3-7-11-15-19-23-33-43-39-29-25-27-37(35-39)41-31-21-17-13-9-5-1/h1-4,25-30,35-36H,5-24,31-34H2/b2-1+,4-3+. The van der Waals surface area contributed by atoms with E-state index in [9.17, 15) is 0 Å². The van der Waals surface area contributed by atoms with Crippen LogP contribution in [0.25, 0.3) is 0 Å². The molecule has 0 aromatic heterocycles. The highest BCUT2D eigenvalue weighted by Gasteiger charge is 2.01. The Morgan fingerprint density at radius 2 is 0.545 bits per heavy atom. The fraction of sp³-hybridized carbons (Fsp3) is 0.600. The zero-order valence-electron chi connectivity index (χ0n) is 27.5. The Bertz CT molecular complexity index is 862. The van der Waals surface area contributed by atoms with Gasteiger partial charge < -0.3 is 18.9 Å². The first-order valence-electron chi connectivity index (χ1n) is 17.9. The lowest BCUT2D eigenvalue weighted by molar-refractivity contribution is 0.289. The number of allylic oxidation sites excluding steroid dienone is 4. The number of benzene rings is 2. The predicted octanol–water partition coefficient (Wildman–Crippen LogP) is 11.8. The van der Waals surface area contributed by atoms with Gasteiger partial charge in [0, 0.05) is 12.1 Å². The van der Waals surface area contributed by atoms with Crippen molar-refractivity contribution < 1.29 is 18.9 Å².